The minimum Gasteiger partial charge on any atom is -0.280 e. The second-order valence-corrected chi connectivity index (χ2v) is 8.75. The van der Waals surface area contributed by atoms with Crippen LogP contribution in [0, 0.1) is 0 Å². The van der Waals surface area contributed by atoms with Crippen molar-refractivity contribution in [3.05, 3.63) is 89.8 Å². The molecule has 0 spiro atoms. The molecule has 6 nitrogen and oxygen atoms in total. The Morgan fingerprint density at radius 2 is 2.00 bits per heavy atom. The fourth-order valence-electron chi connectivity index (χ4n) is 3.94. The Kier molecular flexibility index (Phi) is 5.64. The molecule has 1 aliphatic carbocycles. The third-order valence-corrected chi connectivity index (χ3v) is 6.70. The van der Waals surface area contributed by atoms with E-state index < -0.39 is 0 Å². The monoisotopic (exact) mass is 441 g/mol. The molecule has 0 N–H and O–H groups in total. The first-order valence-corrected chi connectivity index (χ1v) is 11.5. The predicted octanol–water partition coefficient (Wildman–Crippen LogP) is 5.10. The normalized spacial score (nSPS) is 12.9. The summed E-state index contributed by atoms with van der Waals surface area (Å²) in [5, 5.41) is 5.49. The second-order valence-electron chi connectivity index (χ2n) is 7.69. The maximum atomic E-state index is 13.9. The van der Waals surface area contributed by atoms with Gasteiger partial charge in [-0.25, -0.2) is 9.67 Å². The number of carbonyl (C=O) groups excluding carboxylic acids is 1. The number of hydrogen-bond donors (Lipinski definition) is 0. The maximum absolute atomic E-state index is 13.9. The number of amides is 1. The molecule has 1 aromatic carbocycles. The van der Waals surface area contributed by atoms with Gasteiger partial charge in [0.05, 0.1) is 16.9 Å². The minimum absolute atomic E-state index is 0.142. The summed E-state index contributed by atoms with van der Waals surface area (Å²) in [6, 6.07) is 13.5. The summed E-state index contributed by atoms with van der Waals surface area (Å²) in [5.41, 5.74) is 3.92. The number of fused-ring (bicyclic) bond motifs is 1. The number of pyridine rings is 1. The number of benzene rings is 1. The summed E-state index contributed by atoms with van der Waals surface area (Å²) < 4.78 is 1.74. The third-order valence-electron chi connectivity index (χ3n) is 5.52. The van der Waals surface area contributed by atoms with Gasteiger partial charge in [-0.3, -0.25) is 14.7 Å². The highest BCUT2D eigenvalue weighted by Crippen LogP contribution is 2.33. The summed E-state index contributed by atoms with van der Waals surface area (Å²) in [6.07, 6.45) is 11.3. The van der Waals surface area contributed by atoms with Gasteiger partial charge >= 0.3 is 0 Å². The van der Waals surface area contributed by atoms with Crippen LogP contribution >= 0.6 is 11.3 Å². The van der Waals surface area contributed by atoms with E-state index in [0.717, 1.165) is 41.3 Å². The quantitative estimate of drug-likeness (QED) is 0.391. The van der Waals surface area contributed by atoms with Crippen LogP contribution in [-0.2, 0) is 12.8 Å². The zero-order valence-electron chi connectivity index (χ0n) is 17.6. The van der Waals surface area contributed by atoms with Gasteiger partial charge < -0.3 is 0 Å². The lowest BCUT2D eigenvalue weighted by molar-refractivity contribution is 0.0990. The molecule has 5 rings (SSSR count). The van der Waals surface area contributed by atoms with Crippen LogP contribution in [0.3, 0.4) is 0 Å². The highest BCUT2D eigenvalue weighted by atomic mass is 32.1. The van der Waals surface area contributed by atoms with E-state index in [2.05, 4.69) is 11.6 Å². The van der Waals surface area contributed by atoms with Crippen molar-refractivity contribution in [3.63, 3.8) is 0 Å². The zero-order valence-corrected chi connectivity index (χ0v) is 18.5. The molecule has 0 saturated heterocycles. The first kappa shape index (κ1) is 20.3. The molecule has 0 unspecified atom stereocenters. The van der Waals surface area contributed by atoms with E-state index in [1.54, 1.807) is 45.6 Å². The van der Waals surface area contributed by atoms with Gasteiger partial charge in [0.1, 0.15) is 5.69 Å². The Bertz CT molecular complexity index is 1220. The van der Waals surface area contributed by atoms with Gasteiger partial charge in [-0.15, -0.1) is 17.9 Å². The van der Waals surface area contributed by atoms with E-state index in [-0.39, 0.29) is 5.91 Å². The van der Waals surface area contributed by atoms with Crippen LogP contribution in [0.15, 0.2) is 73.7 Å². The summed E-state index contributed by atoms with van der Waals surface area (Å²) >= 11 is 1.62. The molecule has 0 atom stereocenters. The fourth-order valence-corrected chi connectivity index (χ4v) is 5.09. The summed E-state index contributed by atoms with van der Waals surface area (Å²) in [5.74, 6) is -0.142. The molecule has 0 fully saturated rings. The zero-order chi connectivity index (χ0) is 21.9. The number of aryl methyl sites for hydroxylation is 2. The molecule has 4 aromatic rings. The molecule has 1 amide bonds. The molecule has 160 valence electrons. The molecule has 0 saturated carbocycles. The van der Waals surface area contributed by atoms with Crippen LogP contribution in [0.1, 0.15) is 33.8 Å². The lowest BCUT2D eigenvalue weighted by Gasteiger charge is -2.18. The Labute approximate surface area is 190 Å². The average Bonchev–Trinajstić information content (AvgIpc) is 3.48. The number of aromatic nitrogens is 4. The largest absolute Gasteiger partial charge is 0.280 e. The van der Waals surface area contributed by atoms with Crippen molar-refractivity contribution in [1.82, 2.24) is 19.7 Å². The fraction of sp³-hybridized carbons (Fsp3) is 0.200. The summed E-state index contributed by atoms with van der Waals surface area (Å²) in [6.45, 7) is 4.25. The van der Waals surface area contributed by atoms with Gasteiger partial charge in [-0.1, -0.05) is 24.3 Å². The van der Waals surface area contributed by atoms with Gasteiger partial charge in [0.25, 0.3) is 5.91 Å². The standard InChI is InChI=1S/C25H23N5OS/c1-2-15-29(25-27-21-12-6-7-13-22(21)32-25)24(31)20-17-30(19-10-4-3-5-11-19)28-23(20)18-9-8-14-26-16-18/h2-5,8-11,14,16-17H,1,6-7,12-13,15H2. The molecule has 7 heteroatoms. The molecule has 3 heterocycles. The summed E-state index contributed by atoms with van der Waals surface area (Å²) in [7, 11) is 0. The Morgan fingerprint density at radius 3 is 2.75 bits per heavy atom. The number of thiazole rings is 1. The smallest absolute Gasteiger partial charge is 0.264 e. The van der Waals surface area contributed by atoms with Crippen LogP contribution < -0.4 is 4.90 Å². The highest BCUT2D eigenvalue weighted by molar-refractivity contribution is 7.16. The topological polar surface area (TPSA) is 63.9 Å². The lowest BCUT2D eigenvalue weighted by atomic mass is 10.0. The van der Waals surface area contributed by atoms with Crippen LogP contribution in [-0.4, -0.2) is 32.2 Å². The first-order chi connectivity index (χ1) is 15.7. The van der Waals surface area contributed by atoms with Crippen molar-refractivity contribution in [2.45, 2.75) is 25.7 Å². The van der Waals surface area contributed by atoms with Gasteiger partial charge in [-0.2, -0.15) is 5.10 Å². The van der Waals surface area contributed by atoms with Crippen molar-refractivity contribution in [2.75, 3.05) is 11.4 Å². The van der Waals surface area contributed by atoms with Crippen LogP contribution in [0.25, 0.3) is 16.9 Å². The number of nitrogens with zero attached hydrogens (tertiary/aromatic N) is 5. The van der Waals surface area contributed by atoms with Crippen molar-refractivity contribution in [2.24, 2.45) is 0 Å². The maximum Gasteiger partial charge on any atom is 0.264 e. The molecule has 0 radical (unpaired) electrons. The SMILES string of the molecule is C=CCN(C(=O)c1cn(-c2ccccc2)nc1-c1cccnc1)c1nc2c(s1)CCCC2. The number of carbonyl (C=O) groups is 1. The number of para-hydroxylation sites is 1. The van der Waals surface area contributed by atoms with E-state index in [9.17, 15) is 4.79 Å². The number of hydrogen-bond acceptors (Lipinski definition) is 5. The lowest BCUT2D eigenvalue weighted by Crippen LogP contribution is -2.31. The van der Waals surface area contributed by atoms with Crippen LogP contribution in [0.2, 0.25) is 0 Å². The van der Waals surface area contributed by atoms with Gasteiger partial charge in [0, 0.05) is 35.6 Å². The van der Waals surface area contributed by atoms with E-state index in [1.165, 1.54) is 11.3 Å². The highest BCUT2D eigenvalue weighted by Gasteiger charge is 2.27. The first-order valence-electron chi connectivity index (χ1n) is 10.7. The van der Waals surface area contributed by atoms with Crippen molar-refractivity contribution >= 4 is 22.4 Å². The minimum atomic E-state index is -0.142. The molecule has 1 aliphatic rings. The van der Waals surface area contributed by atoms with Gasteiger partial charge in [0.15, 0.2) is 5.13 Å². The Balaban J connectivity index is 1.59. The van der Waals surface area contributed by atoms with Crippen LogP contribution in [0.4, 0.5) is 5.13 Å². The number of anilines is 1. The van der Waals surface area contributed by atoms with E-state index in [4.69, 9.17) is 10.1 Å². The molecule has 0 bridgehead atoms. The molecular formula is C25H23N5OS. The Morgan fingerprint density at radius 1 is 1.16 bits per heavy atom. The average molecular weight is 442 g/mol. The van der Waals surface area contributed by atoms with Crippen molar-refractivity contribution in [3.8, 4) is 16.9 Å². The van der Waals surface area contributed by atoms with E-state index in [1.807, 2.05) is 42.5 Å². The van der Waals surface area contributed by atoms with Crippen molar-refractivity contribution in [1.29, 1.82) is 0 Å². The molecule has 3 aromatic heterocycles. The van der Waals surface area contributed by atoms with E-state index in [0.29, 0.717) is 17.8 Å². The summed E-state index contributed by atoms with van der Waals surface area (Å²) in [4.78, 5) is 25.9. The molecule has 32 heavy (non-hydrogen) atoms. The van der Waals surface area contributed by atoms with Gasteiger partial charge in [0.2, 0.25) is 0 Å². The molecular weight excluding hydrogens is 418 g/mol. The Hall–Kier alpha value is -3.58. The van der Waals surface area contributed by atoms with E-state index >= 15 is 0 Å². The van der Waals surface area contributed by atoms with Crippen molar-refractivity contribution < 1.29 is 4.79 Å². The third kappa shape index (κ3) is 3.87. The number of rotatable bonds is 6. The molecule has 0 aliphatic heterocycles. The van der Waals surface area contributed by atoms with Crippen LogP contribution in [0.5, 0.6) is 0 Å². The predicted molar refractivity (Wildman–Crippen MR) is 127 cm³/mol. The second kappa shape index (κ2) is 8.88. The van der Waals surface area contributed by atoms with Gasteiger partial charge in [-0.05, 0) is 49.9 Å².